The molecule has 0 aliphatic carbocycles. The van der Waals surface area contributed by atoms with E-state index in [1.165, 1.54) is 0 Å². The van der Waals surface area contributed by atoms with Crippen molar-refractivity contribution >= 4 is 11.9 Å². The maximum atomic E-state index is 12.8. The molecule has 2 atom stereocenters. The number of likely N-dealkylation sites (tertiary alicyclic amines) is 1. The van der Waals surface area contributed by atoms with Gasteiger partial charge in [0, 0.05) is 13.0 Å². The lowest BCUT2D eigenvalue weighted by Crippen LogP contribution is -2.54. The van der Waals surface area contributed by atoms with Crippen molar-refractivity contribution < 1.29 is 32.3 Å². The number of carbonyl (C=O) groups excluding carboxylic acids is 1. The van der Waals surface area contributed by atoms with E-state index < -0.39 is 43.2 Å². The van der Waals surface area contributed by atoms with Crippen LogP contribution < -0.4 is 0 Å². The van der Waals surface area contributed by atoms with Crippen molar-refractivity contribution in [2.45, 2.75) is 31.2 Å². The summed E-state index contributed by atoms with van der Waals surface area (Å²) in [4.78, 5) is 21.6. The fourth-order valence-corrected chi connectivity index (χ4v) is 1.56. The van der Waals surface area contributed by atoms with Crippen LogP contribution in [0.5, 0.6) is 0 Å². The first kappa shape index (κ1) is 12.7. The Morgan fingerprint density at radius 1 is 1.31 bits per heavy atom. The third-order valence-electron chi connectivity index (χ3n) is 2.33. The topological polar surface area (TPSA) is 57.6 Å². The van der Waals surface area contributed by atoms with Crippen molar-refractivity contribution in [3.05, 3.63) is 0 Å². The molecule has 1 amide bonds. The molecule has 0 unspecified atom stereocenters. The Morgan fingerprint density at radius 3 is 2.31 bits per heavy atom. The Kier molecular flexibility index (Phi) is 3.39. The van der Waals surface area contributed by atoms with Gasteiger partial charge in [0.1, 0.15) is 12.2 Å². The Morgan fingerprint density at radius 2 is 1.88 bits per heavy atom. The molecule has 0 aromatic heterocycles. The largest absolute Gasteiger partial charge is 0.480 e. The average Bonchev–Trinajstić information content (AvgIpc) is 2.15. The Balaban J connectivity index is 2.85. The summed E-state index contributed by atoms with van der Waals surface area (Å²) in [5, 5.41) is 8.61. The van der Waals surface area contributed by atoms with Gasteiger partial charge < -0.3 is 10.0 Å². The lowest BCUT2D eigenvalue weighted by atomic mass is 10.0. The second-order valence-electron chi connectivity index (χ2n) is 3.47. The smallest absolute Gasteiger partial charge is 0.471 e. The van der Waals surface area contributed by atoms with Crippen LogP contribution in [0.2, 0.25) is 0 Å². The lowest BCUT2D eigenvalue weighted by molar-refractivity contribution is -0.192. The first-order valence-electron chi connectivity index (χ1n) is 4.48. The van der Waals surface area contributed by atoms with Crippen molar-refractivity contribution in [3.8, 4) is 0 Å². The Bertz CT molecular complexity index is 304. The maximum Gasteiger partial charge on any atom is 0.471 e. The zero-order valence-corrected chi connectivity index (χ0v) is 8.00. The summed E-state index contributed by atoms with van der Waals surface area (Å²) in [5.41, 5.74) is 0. The quantitative estimate of drug-likeness (QED) is 0.698. The predicted molar refractivity (Wildman–Crippen MR) is 43.3 cm³/mol. The van der Waals surface area contributed by atoms with Gasteiger partial charge in [-0.25, -0.2) is 9.18 Å². The number of halogens is 4. The monoisotopic (exact) mass is 243 g/mol. The van der Waals surface area contributed by atoms with E-state index in [2.05, 4.69) is 0 Å². The summed E-state index contributed by atoms with van der Waals surface area (Å²) in [6.45, 7) is -0.531. The normalized spacial score (nSPS) is 26.6. The van der Waals surface area contributed by atoms with Crippen LogP contribution in [-0.4, -0.2) is 46.8 Å². The van der Waals surface area contributed by atoms with Crippen molar-refractivity contribution in [1.82, 2.24) is 4.90 Å². The number of aliphatic carboxylic acids is 1. The molecule has 0 aromatic carbocycles. The minimum Gasteiger partial charge on any atom is -0.480 e. The second-order valence-corrected chi connectivity index (χ2v) is 3.47. The number of hydrogen-bond donors (Lipinski definition) is 1. The van der Waals surface area contributed by atoms with Crippen LogP contribution in [0.3, 0.4) is 0 Å². The molecule has 1 N–H and O–H groups in total. The molecular formula is C8H9F4NO3. The number of nitrogens with zero attached hydrogens (tertiary/aromatic N) is 1. The van der Waals surface area contributed by atoms with Gasteiger partial charge in [-0.2, -0.15) is 13.2 Å². The molecule has 1 heterocycles. The Hall–Kier alpha value is -1.34. The minimum atomic E-state index is -5.13. The fourth-order valence-electron chi connectivity index (χ4n) is 1.56. The van der Waals surface area contributed by atoms with Crippen molar-refractivity contribution in [2.24, 2.45) is 0 Å². The van der Waals surface area contributed by atoms with Crippen molar-refractivity contribution in [2.75, 3.05) is 6.54 Å². The summed E-state index contributed by atoms with van der Waals surface area (Å²) in [5.74, 6) is -3.85. The molecule has 1 aliphatic heterocycles. The predicted octanol–water partition coefficient (Wildman–Crippen LogP) is 0.962. The van der Waals surface area contributed by atoms with Gasteiger partial charge in [-0.1, -0.05) is 0 Å². The number of amides is 1. The highest BCUT2D eigenvalue weighted by atomic mass is 19.4. The molecule has 0 radical (unpaired) electrons. The first-order chi connectivity index (χ1) is 7.23. The number of carbonyl (C=O) groups is 2. The van der Waals surface area contributed by atoms with E-state index in [1.54, 1.807) is 0 Å². The highest BCUT2D eigenvalue weighted by Gasteiger charge is 2.48. The van der Waals surface area contributed by atoms with E-state index >= 15 is 0 Å². The van der Waals surface area contributed by atoms with Crippen LogP contribution in [0, 0.1) is 0 Å². The highest BCUT2D eigenvalue weighted by Crippen LogP contribution is 2.26. The zero-order chi connectivity index (χ0) is 12.5. The van der Waals surface area contributed by atoms with Gasteiger partial charge in [-0.05, 0) is 6.42 Å². The van der Waals surface area contributed by atoms with Crippen LogP contribution in [-0.2, 0) is 9.59 Å². The van der Waals surface area contributed by atoms with Crippen LogP contribution in [0.4, 0.5) is 17.6 Å². The van der Waals surface area contributed by atoms with E-state index in [-0.39, 0.29) is 11.3 Å². The molecule has 92 valence electrons. The molecule has 4 nitrogen and oxygen atoms in total. The molecule has 0 saturated carbocycles. The molecule has 0 aromatic rings. The molecule has 8 heteroatoms. The fraction of sp³-hybridized carbons (Fsp3) is 0.750. The van der Waals surface area contributed by atoms with Crippen LogP contribution in [0.15, 0.2) is 0 Å². The van der Waals surface area contributed by atoms with E-state index in [0.717, 1.165) is 0 Å². The third kappa shape index (κ3) is 2.61. The average molecular weight is 243 g/mol. The Labute approximate surface area is 87.8 Å². The van der Waals surface area contributed by atoms with E-state index in [1.807, 2.05) is 0 Å². The van der Waals surface area contributed by atoms with E-state index in [0.29, 0.717) is 0 Å². The van der Waals surface area contributed by atoms with Crippen LogP contribution in [0.1, 0.15) is 12.8 Å². The summed E-state index contributed by atoms with van der Waals surface area (Å²) in [7, 11) is 0. The molecular weight excluding hydrogens is 234 g/mol. The molecule has 1 rings (SSSR count). The van der Waals surface area contributed by atoms with Gasteiger partial charge in [0.15, 0.2) is 0 Å². The van der Waals surface area contributed by atoms with Crippen molar-refractivity contribution in [3.63, 3.8) is 0 Å². The van der Waals surface area contributed by atoms with E-state index in [9.17, 15) is 27.2 Å². The van der Waals surface area contributed by atoms with Crippen LogP contribution in [0.25, 0.3) is 0 Å². The third-order valence-corrected chi connectivity index (χ3v) is 2.33. The van der Waals surface area contributed by atoms with Gasteiger partial charge in [0.25, 0.3) is 0 Å². The minimum absolute atomic E-state index is 0.165. The molecule has 1 saturated heterocycles. The lowest BCUT2D eigenvalue weighted by Gasteiger charge is -2.34. The molecule has 16 heavy (non-hydrogen) atoms. The summed E-state index contributed by atoms with van der Waals surface area (Å²) in [6.07, 6.45) is -7.49. The zero-order valence-electron chi connectivity index (χ0n) is 8.00. The summed E-state index contributed by atoms with van der Waals surface area (Å²) >= 11 is 0. The number of hydrogen-bond acceptors (Lipinski definition) is 2. The van der Waals surface area contributed by atoms with Gasteiger partial charge in [0.2, 0.25) is 0 Å². The first-order valence-corrected chi connectivity index (χ1v) is 4.48. The maximum absolute atomic E-state index is 12.8. The summed E-state index contributed by atoms with van der Waals surface area (Å²) < 4.78 is 49.1. The number of carboxylic acids is 1. The second kappa shape index (κ2) is 4.26. The number of alkyl halides is 4. The van der Waals surface area contributed by atoms with Gasteiger partial charge >= 0.3 is 18.1 Å². The van der Waals surface area contributed by atoms with E-state index in [4.69, 9.17) is 5.11 Å². The SMILES string of the molecule is O=C(O)[C@@H]1C[C@H](F)CCN1C(=O)C(F)(F)F. The van der Waals surface area contributed by atoms with Gasteiger partial charge in [0.05, 0.1) is 0 Å². The summed E-state index contributed by atoms with van der Waals surface area (Å²) in [6, 6.07) is -1.74. The molecule has 1 aliphatic rings. The number of rotatable bonds is 1. The number of carboxylic acid groups (broad SMARTS) is 1. The molecule has 0 spiro atoms. The standard InChI is InChI=1S/C8H9F4NO3/c9-4-1-2-13(5(3-4)6(14)15)7(16)8(10,11)12/h4-5H,1-3H2,(H,14,15)/t4-,5+/m1/s1. The number of piperidine rings is 1. The molecule has 0 bridgehead atoms. The van der Waals surface area contributed by atoms with Gasteiger partial charge in [-0.3, -0.25) is 4.79 Å². The van der Waals surface area contributed by atoms with Crippen molar-refractivity contribution in [1.29, 1.82) is 0 Å². The molecule has 1 fully saturated rings. The van der Waals surface area contributed by atoms with Crippen LogP contribution >= 0.6 is 0 Å². The van der Waals surface area contributed by atoms with Gasteiger partial charge in [-0.15, -0.1) is 0 Å². The highest BCUT2D eigenvalue weighted by molar-refractivity contribution is 5.87.